The summed E-state index contributed by atoms with van der Waals surface area (Å²) in [6.07, 6.45) is 3.89. The third-order valence-electron chi connectivity index (χ3n) is 3.95. The van der Waals surface area contributed by atoms with Gasteiger partial charge in [-0.2, -0.15) is 11.8 Å². The lowest BCUT2D eigenvalue weighted by Crippen LogP contribution is -2.42. The molecular formula is C20H28N4OS. The Hall–Kier alpha value is -2.21. The summed E-state index contributed by atoms with van der Waals surface area (Å²) in [5, 5.41) is 6.69. The first kappa shape index (κ1) is 20.1. The lowest BCUT2D eigenvalue weighted by molar-refractivity contribution is 0.293. The summed E-state index contributed by atoms with van der Waals surface area (Å²) in [6.45, 7) is 6.42. The van der Waals surface area contributed by atoms with Gasteiger partial charge in [-0.1, -0.05) is 30.3 Å². The maximum absolute atomic E-state index is 5.79. The lowest BCUT2D eigenvalue weighted by atomic mass is 10.2. The van der Waals surface area contributed by atoms with Crippen molar-refractivity contribution in [3.63, 3.8) is 0 Å². The Balaban J connectivity index is 1.85. The van der Waals surface area contributed by atoms with Gasteiger partial charge in [-0.05, 0) is 37.3 Å². The Labute approximate surface area is 160 Å². The Morgan fingerprint density at radius 1 is 1.15 bits per heavy atom. The number of ether oxygens (including phenoxy) is 1. The zero-order valence-corrected chi connectivity index (χ0v) is 16.8. The molecule has 2 N–H and O–H groups in total. The Morgan fingerprint density at radius 2 is 1.92 bits per heavy atom. The normalized spacial score (nSPS) is 11.9. The van der Waals surface area contributed by atoms with Crippen LogP contribution in [0.25, 0.3) is 0 Å². The largest absolute Gasteiger partial charge is 0.473 e. The summed E-state index contributed by atoms with van der Waals surface area (Å²) in [5.41, 5.74) is 2.22. The van der Waals surface area contributed by atoms with E-state index in [2.05, 4.69) is 40.7 Å². The van der Waals surface area contributed by atoms with Gasteiger partial charge in [0.15, 0.2) is 5.96 Å². The fourth-order valence-electron chi connectivity index (χ4n) is 2.15. The molecule has 0 saturated heterocycles. The molecule has 1 aromatic heterocycles. The van der Waals surface area contributed by atoms with Gasteiger partial charge in [-0.25, -0.2) is 4.98 Å². The van der Waals surface area contributed by atoms with E-state index in [1.54, 1.807) is 13.2 Å². The molecule has 26 heavy (non-hydrogen) atoms. The molecule has 1 aromatic carbocycles. The number of nitrogens with one attached hydrogen (secondary N) is 2. The van der Waals surface area contributed by atoms with Crippen LogP contribution in [0, 0.1) is 0 Å². The zero-order valence-electron chi connectivity index (χ0n) is 16.0. The van der Waals surface area contributed by atoms with E-state index in [1.807, 2.05) is 54.2 Å². The Bertz CT molecular complexity index is 704. The van der Waals surface area contributed by atoms with E-state index in [4.69, 9.17) is 4.74 Å². The van der Waals surface area contributed by atoms with Gasteiger partial charge in [-0.15, -0.1) is 0 Å². The summed E-state index contributed by atoms with van der Waals surface area (Å²) in [5.74, 6) is 1.41. The van der Waals surface area contributed by atoms with Crippen LogP contribution in [-0.2, 0) is 13.2 Å². The number of rotatable bonds is 8. The molecule has 0 aliphatic heterocycles. The van der Waals surface area contributed by atoms with Crippen molar-refractivity contribution >= 4 is 17.7 Å². The molecule has 0 saturated carbocycles. The van der Waals surface area contributed by atoms with Crippen LogP contribution < -0.4 is 15.4 Å². The van der Waals surface area contributed by atoms with E-state index in [0.717, 1.165) is 23.6 Å². The minimum atomic E-state index is 0.159. The lowest BCUT2D eigenvalue weighted by Gasteiger charge is -2.23. The average Bonchev–Trinajstić information content (AvgIpc) is 2.67. The molecule has 0 bridgehead atoms. The van der Waals surface area contributed by atoms with Crippen LogP contribution in [-0.4, -0.2) is 35.5 Å². The first-order valence-corrected chi connectivity index (χ1v) is 9.86. The number of benzene rings is 1. The third-order valence-corrected chi connectivity index (χ3v) is 5.20. The molecule has 5 nitrogen and oxygen atoms in total. The Kier molecular flexibility index (Phi) is 7.78. The molecule has 140 valence electrons. The van der Waals surface area contributed by atoms with Gasteiger partial charge in [0, 0.05) is 37.1 Å². The average molecular weight is 373 g/mol. The van der Waals surface area contributed by atoms with Crippen LogP contribution in [0.3, 0.4) is 0 Å². The van der Waals surface area contributed by atoms with E-state index in [1.165, 1.54) is 0 Å². The van der Waals surface area contributed by atoms with Crippen LogP contribution in [0.1, 0.15) is 25.0 Å². The minimum absolute atomic E-state index is 0.159. The quantitative estimate of drug-likeness (QED) is 0.549. The topological polar surface area (TPSA) is 58.5 Å². The fraction of sp³-hybridized carbons (Fsp3) is 0.400. The van der Waals surface area contributed by atoms with Gasteiger partial charge in [0.2, 0.25) is 5.88 Å². The maximum atomic E-state index is 5.79. The number of guanidine groups is 1. The second-order valence-corrected chi connectivity index (χ2v) is 8.03. The number of hydrogen-bond acceptors (Lipinski definition) is 4. The monoisotopic (exact) mass is 372 g/mol. The highest BCUT2D eigenvalue weighted by molar-refractivity contribution is 7.99. The molecule has 6 heteroatoms. The van der Waals surface area contributed by atoms with Crippen LogP contribution >= 0.6 is 11.8 Å². The highest BCUT2D eigenvalue weighted by Gasteiger charge is 2.16. The predicted molar refractivity (Wildman–Crippen MR) is 111 cm³/mol. The molecule has 0 aliphatic carbocycles. The summed E-state index contributed by atoms with van der Waals surface area (Å²) < 4.78 is 5.94. The van der Waals surface area contributed by atoms with Crippen molar-refractivity contribution < 1.29 is 4.74 Å². The molecule has 2 aromatic rings. The second kappa shape index (κ2) is 10.1. The van der Waals surface area contributed by atoms with Gasteiger partial charge < -0.3 is 15.4 Å². The highest BCUT2D eigenvalue weighted by Crippen LogP contribution is 2.19. The fourth-order valence-corrected chi connectivity index (χ4v) is 2.36. The standard InChI is InChI=1S/C20H28N4OS/c1-20(2,26-4)15-24-19(21-3)23-13-17-10-11-22-18(12-17)25-14-16-8-6-5-7-9-16/h5-12H,13-15H2,1-4H3,(H2,21,23,24). The summed E-state index contributed by atoms with van der Waals surface area (Å²) in [4.78, 5) is 8.56. The SMILES string of the molecule is CN=C(NCc1ccnc(OCc2ccccc2)c1)NCC(C)(C)SC. The zero-order chi connectivity index (χ0) is 18.8. The van der Waals surface area contributed by atoms with E-state index in [0.29, 0.717) is 19.0 Å². The van der Waals surface area contributed by atoms with Crippen molar-refractivity contribution in [3.05, 3.63) is 59.8 Å². The molecule has 0 atom stereocenters. The van der Waals surface area contributed by atoms with E-state index in [9.17, 15) is 0 Å². The van der Waals surface area contributed by atoms with Crippen LogP contribution in [0.5, 0.6) is 5.88 Å². The first-order valence-electron chi connectivity index (χ1n) is 8.64. The van der Waals surface area contributed by atoms with Crippen LogP contribution in [0.2, 0.25) is 0 Å². The molecule has 0 amide bonds. The van der Waals surface area contributed by atoms with Crippen molar-refractivity contribution in [2.24, 2.45) is 4.99 Å². The number of pyridine rings is 1. The van der Waals surface area contributed by atoms with Crippen molar-refractivity contribution in [3.8, 4) is 5.88 Å². The maximum Gasteiger partial charge on any atom is 0.213 e. The van der Waals surface area contributed by atoms with Gasteiger partial charge in [0.1, 0.15) is 6.61 Å². The van der Waals surface area contributed by atoms with Gasteiger partial charge in [0.25, 0.3) is 0 Å². The van der Waals surface area contributed by atoms with E-state index >= 15 is 0 Å². The molecule has 0 spiro atoms. The van der Waals surface area contributed by atoms with Crippen molar-refractivity contribution in [2.75, 3.05) is 19.8 Å². The van der Waals surface area contributed by atoms with Crippen LogP contribution in [0.4, 0.5) is 0 Å². The number of aliphatic imine (C=N–C) groups is 1. The van der Waals surface area contributed by atoms with Crippen LogP contribution in [0.15, 0.2) is 53.7 Å². The van der Waals surface area contributed by atoms with Gasteiger partial charge in [0.05, 0.1) is 0 Å². The first-order chi connectivity index (χ1) is 12.5. The molecular weight excluding hydrogens is 344 g/mol. The van der Waals surface area contributed by atoms with E-state index in [-0.39, 0.29) is 4.75 Å². The van der Waals surface area contributed by atoms with E-state index < -0.39 is 0 Å². The molecule has 0 aliphatic rings. The van der Waals surface area contributed by atoms with Gasteiger partial charge in [-0.3, -0.25) is 4.99 Å². The number of aromatic nitrogens is 1. The van der Waals surface area contributed by atoms with Crippen molar-refractivity contribution in [2.45, 2.75) is 31.7 Å². The molecule has 1 heterocycles. The number of nitrogens with zero attached hydrogens (tertiary/aromatic N) is 2. The third kappa shape index (κ3) is 6.96. The predicted octanol–water partition coefficient (Wildman–Crippen LogP) is 3.47. The Morgan fingerprint density at radius 3 is 2.62 bits per heavy atom. The number of thioether (sulfide) groups is 1. The molecule has 0 unspecified atom stereocenters. The molecule has 0 fully saturated rings. The highest BCUT2D eigenvalue weighted by atomic mass is 32.2. The molecule has 2 rings (SSSR count). The van der Waals surface area contributed by atoms with Gasteiger partial charge >= 0.3 is 0 Å². The summed E-state index contributed by atoms with van der Waals surface area (Å²) >= 11 is 1.83. The van der Waals surface area contributed by atoms with Crippen molar-refractivity contribution in [1.82, 2.24) is 15.6 Å². The summed E-state index contributed by atoms with van der Waals surface area (Å²) in [6, 6.07) is 14.0. The number of hydrogen-bond donors (Lipinski definition) is 2. The molecule has 0 radical (unpaired) electrons. The minimum Gasteiger partial charge on any atom is -0.473 e. The summed E-state index contributed by atoms with van der Waals surface area (Å²) in [7, 11) is 1.78. The second-order valence-electron chi connectivity index (χ2n) is 6.52. The smallest absolute Gasteiger partial charge is 0.213 e. The van der Waals surface area contributed by atoms with Crippen molar-refractivity contribution in [1.29, 1.82) is 0 Å².